The minimum absolute atomic E-state index is 0.0104. The second-order valence-electron chi connectivity index (χ2n) is 5.47. The number of amides is 1. The summed E-state index contributed by atoms with van der Waals surface area (Å²) in [5.41, 5.74) is 1.60. The maximum absolute atomic E-state index is 12.0. The summed E-state index contributed by atoms with van der Waals surface area (Å²) >= 11 is 2.91. The van der Waals surface area contributed by atoms with E-state index in [-0.39, 0.29) is 18.9 Å². The van der Waals surface area contributed by atoms with Gasteiger partial charge in [-0.1, -0.05) is 36.4 Å². The van der Waals surface area contributed by atoms with Gasteiger partial charge in [-0.2, -0.15) is 0 Å². The first kappa shape index (κ1) is 19.4. The molecule has 0 atom stereocenters. The molecule has 9 heteroatoms. The smallest absolute Gasteiger partial charge is 0.233 e. The number of anilines is 1. The second-order valence-corrected chi connectivity index (χ2v) is 8.92. The Morgan fingerprint density at radius 2 is 1.93 bits per heavy atom. The zero-order chi connectivity index (χ0) is 19.1. The molecule has 0 aliphatic rings. The molecule has 27 heavy (non-hydrogen) atoms. The molecule has 140 valence electrons. The molecule has 0 saturated heterocycles. The molecular weight excluding hydrogens is 402 g/mol. The van der Waals surface area contributed by atoms with E-state index in [4.69, 9.17) is 0 Å². The van der Waals surface area contributed by atoms with Gasteiger partial charge in [0.1, 0.15) is 0 Å². The highest BCUT2D eigenvalue weighted by molar-refractivity contribution is 7.92. The van der Waals surface area contributed by atoms with Gasteiger partial charge < -0.3 is 5.32 Å². The van der Waals surface area contributed by atoms with Gasteiger partial charge in [-0.05, 0) is 23.1 Å². The normalized spacial score (nSPS) is 11.7. The number of aromatic nitrogens is 1. The van der Waals surface area contributed by atoms with Gasteiger partial charge in [0, 0.05) is 23.8 Å². The Bertz CT molecular complexity index is 1010. The summed E-state index contributed by atoms with van der Waals surface area (Å²) in [6.07, 6.45) is 1.52. The lowest BCUT2D eigenvalue weighted by molar-refractivity contribution is -0.116. The van der Waals surface area contributed by atoms with Crippen LogP contribution in [0.5, 0.6) is 0 Å². The fraction of sp³-hybridized carbons (Fsp3) is 0.111. The van der Waals surface area contributed by atoms with Crippen molar-refractivity contribution in [1.82, 2.24) is 9.71 Å². The van der Waals surface area contributed by atoms with Crippen LogP contribution in [0.15, 0.2) is 58.6 Å². The molecule has 1 aromatic carbocycles. The van der Waals surface area contributed by atoms with Gasteiger partial charge in [0.05, 0.1) is 10.6 Å². The van der Waals surface area contributed by atoms with E-state index in [0.717, 1.165) is 21.5 Å². The number of thiophene rings is 1. The number of carbonyl (C=O) groups excluding carboxylic acids is 1. The minimum Gasteiger partial charge on any atom is -0.302 e. The third kappa shape index (κ3) is 6.10. The first-order valence-corrected chi connectivity index (χ1v) is 11.3. The Hall–Kier alpha value is -2.33. The van der Waals surface area contributed by atoms with Crippen molar-refractivity contribution in [3.63, 3.8) is 0 Å². The van der Waals surface area contributed by atoms with E-state index >= 15 is 0 Å². The summed E-state index contributed by atoms with van der Waals surface area (Å²) in [4.78, 5) is 17.4. The number of hydrogen-bond donors (Lipinski definition) is 2. The van der Waals surface area contributed by atoms with Crippen LogP contribution in [0.4, 0.5) is 5.13 Å². The number of sulfonamides is 1. The van der Waals surface area contributed by atoms with E-state index in [0.29, 0.717) is 5.13 Å². The lowest BCUT2D eigenvalue weighted by atomic mass is 10.2. The van der Waals surface area contributed by atoms with Crippen LogP contribution < -0.4 is 10.0 Å². The van der Waals surface area contributed by atoms with Crippen molar-refractivity contribution in [3.05, 3.63) is 64.2 Å². The Morgan fingerprint density at radius 1 is 1.11 bits per heavy atom. The number of nitrogens with zero attached hydrogens (tertiary/aromatic N) is 1. The largest absolute Gasteiger partial charge is 0.302 e. The topological polar surface area (TPSA) is 88.2 Å². The summed E-state index contributed by atoms with van der Waals surface area (Å²) in [7, 11) is -3.60. The number of thiazole rings is 1. The molecule has 2 heterocycles. The van der Waals surface area contributed by atoms with Crippen molar-refractivity contribution in [2.75, 3.05) is 11.9 Å². The zero-order valence-electron chi connectivity index (χ0n) is 14.2. The molecule has 0 radical (unpaired) electrons. The predicted octanol–water partition coefficient (Wildman–Crippen LogP) is 3.79. The molecule has 0 aliphatic carbocycles. The van der Waals surface area contributed by atoms with E-state index < -0.39 is 10.0 Å². The molecule has 0 bridgehead atoms. The fourth-order valence-corrected chi connectivity index (χ4v) is 4.44. The third-order valence-electron chi connectivity index (χ3n) is 3.42. The molecule has 0 unspecified atom stereocenters. The maximum Gasteiger partial charge on any atom is 0.233 e. The molecule has 2 N–H and O–H groups in total. The molecule has 6 nitrogen and oxygen atoms in total. The number of benzene rings is 1. The van der Waals surface area contributed by atoms with Gasteiger partial charge in [-0.3, -0.25) is 4.79 Å². The van der Waals surface area contributed by atoms with E-state index in [1.165, 1.54) is 17.4 Å². The second kappa shape index (κ2) is 9.05. The standard InChI is InChI=1S/C18H17N3O3S3/c22-17(21-18-20-15(13-26-18)16-7-4-11-25-16)8-10-19-27(23,24)12-9-14-5-2-1-3-6-14/h1-7,9,11-13,19H,8,10H2,(H,20,21,22)/b12-9+. The van der Waals surface area contributed by atoms with Crippen molar-refractivity contribution >= 4 is 49.8 Å². The molecule has 2 aromatic heterocycles. The van der Waals surface area contributed by atoms with Crippen LogP contribution in [-0.2, 0) is 14.8 Å². The van der Waals surface area contributed by atoms with Crippen LogP contribution in [0.2, 0.25) is 0 Å². The lowest BCUT2D eigenvalue weighted by Crippen LogP contribution is -2.26. The monoisotopic (exact) mass is 419 g/mol. The number of rotatable bonds is 8. The molecule has 0 aliphatic heterocycles. The molecule has 3 aromatic rings. The van der Waals surface area contributed by atoms with E-state index in [9.17, 15) is 13.2 Å². The predicted molar refractivity (Wildman–Crippen MR) is 111 cm³/mol. The number of carbonyl (C=O) groups is 1. The van der Waals surface area contributed by atoms with E-state index in [2.05, 4.69) is 15.0 Å². The van der Waals surface area contributed by atoms with Crippen molar-refractivity contribution < 1.29 is 13.2 Å². The van der Waals surface area contributed by atoms with Gasteiger partial charge in [-0.25, -0.2) is 18.1 Å². The molecule has 1 amide bonds. The Kier molecular flexibility index (Phi) is 6.51. The highest BCUT2D eigenvalue weighted by atomic mass is 32.2. The van der Waals surface area contributed by atoms with Gasteiger partial charge in [0.25, 0.3) is 0 Å². The van der Waals surface area contributed by atoms with Crippen molar-refractivity contribution in [3.8, 4) is 10.6 Å². The zero-order valence-corrected chi connectivity index (χ0v) is 16.6. The minimum atomic E-state index is -3.60. The fourth-order valence-electron chi connectivity index (χ4n) is 2.14. The van der Waals surface area contributed by atoms with Crippen LogP contribution in [0.3, 0.4) is 0 Å². The highest BCUT2D eigenvalue weighted by Gasteiger charge is 2.10. The van der Waals surface area contributed by atoms with Crippen LogP contribution in [-0.4, -0.2) is 25.9 Å². The summed E-state index contributed by atoms with van der Waals surface area (Å²) in [5.74, 6) is -0.295. The third-order valence-corrected chi connectivity index (χ3v) is 6.17. The van der Waals surface area contributed by atoms with Crippen LogP contribution in [0.1, 0.15) is 12.0 Å². The summed E-state index contributed by atoms with van der Waals surface area (Å²) in [6, 6.07) is 13.0. The Morgan fingerprint density at radius 3 is 2.67 bits per heavy atom. The SMILES string of the molecule is O=C(CCNS(=O)(=O)/C=C/c1ccccc1)Nc1nc(-c2cccs2)cs1. The van der Waals surface area contributed by atoms with Crippen molar-refractivity contribution in [2.45, 2.75) is 6.42 Å². The van der Waals surface area contributed by atoms with Gasteiger partial charge in [0.2, 0.25) is 15.9 Å². The number of hydrogen-bond acceptors (Lipinski definition) is 6. The first-order chi connectivity index (χ1) is 13.0. The highest BCUT2D eigenvalue weighted by Crippen LogP contribution is 2.28. The van der Waals surface area contributed by atoms with Crippen LogP contribution >= 0.6 is 22.7 Å². The summed E-state index contributed by atoms with van der Waals surface area (Å²) in [5, 5.41) is 8.11. The molecule has 0 spiro atoms. The lowest BCUT2D eigenvalue weighted by Gasteiger charge is -2.03. The van der Waals surface area contributed by atoms with Crippen molar-refractivity contribution in [2.24, 2.45) is 0 Å². The average molecular weight is 420 g/mol. The van der Waals surface area contributed by atoms with Crippen LogP contribution in [0.25, 0.3) is 16.6 Å². The van der Waals surface area contributed by atoms with E-state index in [1.54, 1.807) is 23.5 Å². The van der Waals surface area contributed by atoms with Crippen LogP contribution in [0, 0.1) is 0 Å². The molecular formula is C18H17N3O3S3. The molecule has 3 rings (SSSR count). The summed E-state index contributed by atoms with van der Waals surface area (Å²) in [6.45, 7) is 0.0104. The van der Waals surface area contributed by atoms with Gasteiger partial charge >= 0.3 is 0 Å². The molecule has 0 fully saturated rings. The van der Waals surface area contributed by atoms with Crippen molar-refractivity contribution in [1.29, 1.82) is 0 Å². The maximum atomic E-state index is 12.0. The average Bonchev–Trinajstić information content (AvgIpc) is 3.32. The van der Waals surface area contributed by atoms with Gasteiger partial charge in [-0.15, -0.1) is 22.7 Å². The van der Waals surface area contributed by atoms with Gasteiger partial charge in [0.15, 0.2) is 5.13 Å². The Labute approximate surface area is 165 Å². The quantitative estimate of drug-likeness (QED) is 0.581. The Balaban J connectivity index is 1.46. The summed E-state index contributed by atoms with van der Waals surface area (Å²) < 4.78 is 26.3. The molecule has 0 saturated carbocycles. The first-order valence-electron chi connectivity index (χ1n) is 8.04. The number of nitrogens with one attached hydrogen (secondary N) is 2. The van der Waals surface area contributed by atoms with E-state index in [1.807, 2.05) is 41.1 Å².